The molecular weight excluding hydrogens is 394 g/mol. The highest BCUT2D eigenvalue weighted by Gasteiger charge is 2.34. The maximum atomic E-state index is 12.5. The lowest BCUT2D eigenvalue weighted by molar-refractivity contribution is -0.129. The summed E-state index contributed by atoms with van der Waals surface area (Å²) in [6.45, 7) is 3.90. The minimum Gasteiger partial charge on any atom is -0.378 e. The van der Waals surface area contributed by atoms with Gasteiger partial charge in [-0.3, -0.25) is 14.4 Å². The average molecular weight is 421 g/mol. The van der Waals surface area contributed by atoms with E-state index in [2.05, 4.69) is 10.2 Å². The van der Waals surface area contributed by atoms with Crippen molar-refractivity contribution in [1.82, 2.24) is 10.2 Å². The number of rotatable bonds is 7. The summed E-state index contributed by atoms with van der Waals surface area (Å²) >= 11 is 0. The van der Waals surface area contributed by atoms with Crippen LogP contribution >= 0.6 is 0 Å². The summed E-state index contributed by atoms with van der Waals surface area (Å²) in [5.74, 6) is -0.851. The molecule has 7 heteroatoms. The van der Waals surface area contributed by atoms with Crippen LogP contribution in [0.1, 0.15) is 22.3 Å². The van der Waals surface area contributed by atoms with Gasteiger partial charge >= 0.3 is 0 Å². The number of amides is 2. The normalized spacial score (nSPS) is 18.8. The number of morpholine rings is 1. The van der Waals surface area contributed by atoms with Gasteiger partial charge in [-0.25, -0.2) is 0 Å². The van der Waals surface area contributed by atoms with Crippen LogP contribution in [0, 0.1) is 5.92 Å². The first-order valence-electron chi connectivity index (χ1n) is 10.7. The zero-order valence-electron chi connectivity index (χ0n) is 17.5. The van der Waals surface area contributed by atoms with Gasteiger partial charge in [-0.15, -0.1) is 0 Å². The predicted octanol–water partition coefficient (Wildman–Crippen LogP) is 1.87. The van der Waals surface area contributed by atoms with Crippen molar-refractivity contribution < 1.29 is 19.1 Å². The molecule has 2 fully saturated rings. The van der Waals surface area contributed by atoms with Crippen LogP contribution in [0.15, 0.2) is 54.6 Å². The number of likely N-dealkylation sites (tertiary alicyclic amines) is 1. The van der Waals surface area contributed by atoms with Crippen LogP contribution in [0.25, 0.3) is 0 Å². The van der Waals surface area contributed by atoms with Crippen LogP contribution in [-0.2, 0) is 20.9 Å². The monoisotopic (exact) mass is 421 g/mol. The Kier molecular flexibility index (Phi) is 6.62. The molecule has 1 atom stereocenters. The van der Waals surface area contributed by atoms with Gasteiger partial charge in [0.1, 0.15) is 0 Å². The summed E-state index contributed by atoms with van der Waals surface area (Å²) in [4.78, 5) is 41.2. The first kappa shape index (κ1) is 21.1. The van der Waals surface area contributed by atoms with Gasteiger partial charge in [0.15, 0.2) is 5.78 Å². The summed E-state index contributed by atoms with van der Waals surface area (Å²) in [5.41, 5.74) is 2.66. The van der Waals surface area contributed by atoms with Gasteiger partial charge < -0.3 is 19.9 Å². The van der Waals surface area contributed by atoms with Gasteiger partial charge in [0.25, 0.3) is 0 Å². The summed E-state index contributed by atoms with van der Waals surface area (Å²) in [5, 5.41) is 2.71. The number of hydrogen-bond donors (Lipinski definition) is 1. The molecule has 0 aromatic heterocycles. The second-order valence-electron chi connectivity index (χ2n) is 7.95. The van der Waals surface area contributed by atoms with E-state index in [9.17, 15) is 14.4 Å². The second kappa shape index (κ2) is 9.75. The van der Waals surface area contributed by atoms with Crippen molar-refractivity contribution in [2.75, 3.05) is 44.3 Å². The number of Topliss-reactive ketones (excluding diaryl/α,β-unsaturated/α-hetero) is 1. The third kappa shape index (κ3) is 5.30. The summed E-state index contributed by atoms with van der Waals surface area (Å²) in [6, 6.07) is 17.2. The van der Waals surface area contributed by atoms with Crippen molar-refractivity contribution in [3.05, 3.63) is 65.7 Å². The molecule has 31 heavy (non-hydrogen) atoms. The lowest BCUT2D eigenvalue weighted by atomic mass is 10.1. The fourth-order valence-electron chi connectivity index (χ4n) is 4.00. The summed E-state index contributed by atoms with van der Waals surface area (Å²) < 4.78 is 5.36. The number of anilines is 1. The van der Waals surface area contributed by atoms with E-state index in [1.54, 1.807) is 17.0 Å². The van der Waals surface area contributed by atoms with Gasteiger partial charge in [-0.2, -0.15) is 0 Å². The second-order valence-corrected chi connectivity index (χ2v) is 7.95. The fourth-order valence-corrected chi connectivity index (χ4v) is 4.00. The molecule has 0 spiro atoms. The largest absolute Gasteiger partial charge is 0.378 e. The van der Waals surface area contributed by atoms with Gasteiger partial charge in [0.2, 0.25) is 11.8 Å². The van der Waals surface area contributed by atoms with Crippen molar-refractivity contribution in [3.63, 3.8) is 0 Å². The maximum Gasteiger partial charge on any atom is 0.225 e. The molecule has 0 saturated carbocycles. The van der Waals surface area contributed by atoms with Crippen molar-refractivity contribution in [1.29, 1.82) is 0 Å². The Morgan fingerprint density at radius 2 is 1.71 bits per heavy atom. The Hall–Kier alpha value is -3.19. The number of hydrogen-bond acceptors (Lipinski definition) is 5. The molecule has 4 rings (SSSR count). The lowest BCUT2D eigenvalue weighted by Gasteiger charge is -2.28. The third-order valence-corrected chi connectivity index (χ3v) is 5.79. The first-order chi connectivity index (χ1) is 15.1. The number of ketones is 1. The molecule has 2 aliphatic rings. The van der Waals surface area contributed by atoms with Crippen molar-refractivity contribution in [3.8, 4) is 0 Å². The third-order valence-electron chi connectivity index (χ3n) is 5.79. The summed E-state index contributed by atoms with van der Waals surface area (Å²) in [7, 11) is 0. The van der Waals surface area contributed by atoms with E-state index in [-0.39, 0.29) is 30.6 Å². The standard InChI is InChI=1S/C24H27N3O4/c28-22(19-6-8-21(9-7-19)26-10-12-31-13-11-26)15-25-24(30)20-14-23(29)27(17-20)16-18-4-2-1-3-5-18/h1-9,20H,10-17H2,(H,25,30). The van der Waals surface area contributed by atoms with E-state index in [1.807, 2.05) is 42.5 Å². The molecule has 2 aromatic rings. The van der Waals surface area contributed by atoms with Gasteiger partial charge in [0, 0.05) is 43.9 Å². The van der Waals surface area contributed by atoms with Crippen LogP contribution < -0.4 is 10.2 Å². The quantitative estimate of drug-likeness (QED) is 0.691. The van der Waals surface area contributed by atoms with E-state index < -0.39 is 5.92 Å². The first-order valence-corrected chi connectivity index (χ1v) is 10.7. The highest BCUT2D eigenvalue weighted by Crippen LogP contribution is 2.21. The molecule has 2 aromatic carbocycles. The smallest absolute Gasteiger partial charge is 0.225 e. The zero-order chi connectivity index (χ0) is 21.6. The number of nitrogens with zero attached hydrogens (tertiary/aromatic N) is 2. The van der Waals surface area contributed by atoms with Crippen LogP contribution in [0.3, 0.4) is 0 Å². The maximum absolute atomic E-state index is 12.5. The van der Waals surface area contributed by atoms with Crippen LogP contribution in [0.2, 0.25) is 0 Å². The van der Waals surface area contributed by atoms with Gasteiger partial charge in [-0.05, 0) is 29.8 Å². The van der Waals surface area contributed by atoms with E-state index in [0.717, 1.165) is 24.3 Å². The van der Waals surface area contributed by atoms with Crippen LogP contribution in [-0.4, -0.2) is 61.9 Å². The summed E-state index contributed by atoms with van der Waals surface area (Å²) in [6.07, 6.45) is 0.182. The highest BCUT2D eigenvalue weighted by atomic mass is 16.5. The number of carbonyl (C=O) groups excluding carboxylic acids is 3. The number of ether oxygens (including phenoxy) is 1. The number of benzene rings is 2. The SMILES string of the molecule is O=C(CNC(=O)C1CC(=O)N(Cc2ccccc2)C1)c1ccc(N2CCOCC2)cc1. The topological polar surface area (TPSA) is 79.0 Å². The predicted molar refractivity (Wildman–Crippen MR) is 117 cm³/mol. The minimum absolute atomic E-state index is 0.0333. The Labute approximate surface area is 182 Å². The molecule has 2 aliphatic heterocycles. The van der Waals surface area contributed by atoms with Gasteiger partial charge in [0.05, 0.1) is 25.7 Å². The molecule has 0 aliphatic carbocycles. The number of nitrogens with one attached hydrogen (secondary N) is 1. The molecular formula is C24H27N3O4. The van der Waals surface area contributed by atoms with Crippen LogP contribution in [0.4, 0.5) is 5.69 Å². The van der Waals surface area contributed by atoms with Gasteiger partial charge in [-0.1, -0.05) is 30.3 Å². The minimum atomic E-state index is -0.423. The Morgan fingerprint density at radius 1 is 1.00 bits per heavy atom. The van der Waals surface area contributed by atoms with Crippen LogP contribution in [0.5, 0.6) is 0 Å². The zero-order valence-corrected chi connectivity index (χ0v) is 17.5. The average Bonchev–Trinajstić information content (AvgIpc) is 3.19. The van der Waals surface area contributed by atoms with E-state index in [4.69, 9.17) is 4.74 Å². The molecule has 2 heterocycles. The Morgan fingerprint density at radius 3 is 2.42 bits per heavy atom. The fraction of sp³-hybridized carbons (Fsp3) is 0.375. The number of carbonyl (C=O) groups is 3. The van der Waals surface area contributed by atoms with Crippen molar-refractivity contribution in [2.24, 2.45) is 5.92 Å². The van der Waals surface area contributed by atoms with E-state index in [1.165, 1.54) is 0 Å². The lowest BCUT2D eigenvalue weighted by Crippen LogP contribution is -2.36. The Balaban J connectivity index is 1.26. The highest BCUT2D eigenvalue weighted by molar-refractivity contribution is 6.00. The molecule has 162 valence electrons. The Bertz CT molecular complexity index is 924. The molecule has 2 amide bonds. The van der Waals surface area contributed by atoms with E-state index >= 15 is 0 Å². The van der Waals surface area contributed by atoms with E-state index in [0.29, 0.717) is 31.9 Å². The molecule has 7 nitrogen and oxygen atoms in total. The molecule has 1 unspecified atom stereocenters. The molecule has 0 bridgehead atoms. The molecule has 0 radical (unpaired) electrons. The van der Waals surface area contributed by atoms with Crippen molar-refractivity contribution >= 4 is 23.3 Å². The molecule has 1 N–H and O–H groups in total. The van der Waals surface area contributed by atoms with Crippen molar-refractivity contribution in [2.45, 2.75) is 13.0 Å². The molecule has 2 saturated heterocycles.